The van der Waals surface area contributed by atoms with E-state index in [1.165, 1.54) is 6.42 Å². The average Bonchev–Trinajstić information content (AvgIpc) is 2.27. The highest BCUT2D eigenvalue weighted by molar-refractivity contribution is 5.78. The second kappa shape index (κ2) is 6.80. The van der Waals surface area contributed by atoms with Crippen LogP contribution < -0.4 is 0 Å². The van der Waals surface area contributed by atoms with E-state index in [0.29, 0.717) is 12.5 Å². The van der Waals surface area contributed by atoms with Crippen LogP contribution in [0.4, 0.5) is 0 Å². The van der Waals surface area contributed by atoms with Gasteiger partial charge in [-0.2, -0.15) is 0 Å². The molecule has 1 saturated heterocycles. The number of piperidine rings is 1. The molecule has 1 amide bonds. The molecular weight excluding hydrogens is 212 g/mol. The summed E-state index contributed by atoms with van der Waals surface area (Å²) in [6.45, 7) is 14.4. The fraction of sp³-hybridized carbons (Fsp3) is 0.786. The number of rotatable bonds is 5. The highest BCUT2D eigenvalue weighted by Crippen LogP contribution is 2.15. The minimum absolute atomic E-state index is 0.277. The largest absolute Gasteiger partial charge is 0.341 e. The summed E-state index contributed by atoms with van der Waals surface area (Å²) in [7, 11) is 0. The number of hydrogen-bond acceptors (Lipinski definition) is 2. The summed E-state index contributed by atoms with van der Waals surface area (Å²) in [5, 5.41) is 0. The van der Waals surface area contributed by atoms with Gasteiger partial charge in [-0.15, -0.1) is 0 Å². The Kier molecular flexibility index (Phi) is 5.69. The van der Waals surface area contributed by atoms with Gasteiger partial charge >= 0.3 is 0 Å². The molecule has 1 aliphatic rings. The second-order valence-corrected chi connectivity index (χ2v) is 5.35. The van der Waals surface area contributed by atoms with Crippen LogP contribution in [-0.4, -0.2) is 48.4 Å². The van der Waals surface area contributed by atoms with Gasteiger partial charge in [0.1, 0.15) is 0 Å². The maximum absolute atomic E-state index is 12.1. The molecule has 3 nitrogen and oxygen atoms in total. The standard InChI is InChI=1S/C14H26N2O/c1-5-15(9-12(2)3)11-14(17)16-8-6-7-13(4)10-16/h13H,2,5-11H2,1,3-4H3. The van der Waals surface area contributed by atoms with Crippen molar-refractivity contribution >= 4 is 5.91 Å². The molecule has 0 radical (unpaired) electrons. The maximum atomic E-state index is 12.1. The van der Waals surface area contributed by atoms with Gasteiger partial charge in [0.05, 0.1) is 6.54 Å². The van der Waals surface area contributed by atoms with Crippen molar-refractivity contribution in [2.24, 2.45) is 5.92 Å². The lowest BCUT2D eigenvalue weighted by Gasteiger charge is -2.32. The fourth-order valence-electron chi connectivity index (χ4n) is 2.37. The Morgan fingerprint density at radius 3 is 2.71 bits per heavy atom. The summed E-state index contributed by atoms with van der Waals surface area (Å²) >= 11 is 0. The van der Waals surface area contributed by atoms with Crippen molar-refractivity contribution in [1.82, 2.24) is 9.80 Å². The zero-order chi connectivity index (χ0) is 12.8. The van der Waals surface area contributed by atoms with Crippen LogP contribution in [0.3, 0.4) is 0 Å². The number of carbonyl (C=O) groups is 1. The molecule has 98 valence electrons. The highest BCUT2D eigenvalue weighted by Gasteiger charge is 2.21. The van der Waals surface area contributed by atoms with Crippen LogP contribution in [0.25, 0.3) is 0 Å². The Labute approximate surface area is 105 Å². The van der Waals surface area contributed by atoms with Gasteiger partial charge < -0.3 is 4.90 Å². The van der Waals surface area contributed by atoms with Crippen LogP contribution in [-0.2, 0) is 4.79 Å². The summed E-state index contributed by atoms with van der Waals surface area (Å²) < 4.78 is 0. The van der Waals surface area contributed by atoms with Gasteiger partial charge in [-0.1, -0.05) is 26.0 Å². The predicted octanol–water partition coefficient (Wildman–Crippen LogP) is 2.14. The molecule has 1 heterocycles. The van der Waals surface area contributed by atoms with Crippen molar-refractivity contribution in [1.29, 1.82) is 0 Å². The summed E-state index contributed by atoms with van der Waals surface area (Å²) in [5.74, 6) is 0.934. The van der Waals surface area contributed by atoms with Crippen molar-refractivity contribution in [2.45, 2.75) is 33.6 Å². The van der Waals surface area contributed by atoms with Crippen molar-refractivity contribution < 1.29 is 4.79 Å². The van der Waals surface area contributed by atoms with E-state index >= 15 is 0 Å². The van der Waals surface area contributed by atoms with Crippen LogP contribution in [0.15, 0.2) is 12.2 Å². The number of nitrogens with zero attached hydrogens (tertiary/aromatic N) is 2. The highest BCUT2D eigenvalue weighted by atomic mass is 16.2. The Morgan fingerprint density at radius 1 is 1.47 bits per heavy atom. The predicted molar refractivity (Wildman–Crippen MR) is 71.9 cm³/mol. The third-order valence-electron chi connectivity index (χ3n) is 3.31. The SMILES string of the molecule is C=C(C)CN(CC)CC(=O)N1CCCC(C)C1. The first-order chi connectivity index (χ1) is 8.02. The first-order valence-electron chi connectivity index (χ1n) is 6.67. The normalized spacial score (nSPS) is 20.7. The minimum atomic E-state index is 0.277. The van der Waals surface area contributed by atoms with Crippen LogP contribution in [0.2, 0.25) is 0 Å². The van der Waals surface area contributed by atoms with Gasteiger partial charge in [-0.3, -0.25) is 9.69 Å². The molecule has 0 bridgehead atoms. The number of carbonyl (C=O) groups excluding carboxylic acids is 1. The zero-order valence-electron chi connectivity index (χ0n) is 11.5. The molecule has 0 saturated carbocycles. The molecule has 1 aliphatic heterocycles. The Hall–Kier alpha value is -0.830. The van der Waals surface area contributed by atoms with Gasteiger partial charge in [0.15, 0.2) is 0 Å². The van der Waals surface area contributed by atoms with E-state index in [1.807, 2.05) is 11.8 Å². The molecule has 3 heteroatoms. The summed E-state index contributed by atoms with van der Waals surface area (Å²) in [6, 6.07) is 0. The molecule has 1 atom stereocenters. The average molecular weight is 238 g/mol. The Bertz CT molecular complexity index is 275. The summed E-state index contributed by atoms with van der Waals surface area (Å²) in [6.07, 6.45) is 2.41. The van der Waals surface area contributed by atoms with E-state index in [4.69, 9.17) is 0 Å². The van der Waals surface area contributed by atoms with Crippen molar-refractivity contribution in [2.75, 3.05) is 32.7 Å². The van der Waals surface area contributed by atoms with E-state index in [2.05, 4.69) is 25.3 Å². The molecule has 17 heavy (non-hydrogen) atoms. The summed E-state index contributed by atoms with van der Waals surface area (Å²) in [5.41, 5.74) is 1.12. The maximum Gasteiger partial charge on any atom is 0.236 e. The van der Waals surface area contributed by atoms with E-state index in [9.17, 15) is 4.79 Å². The van der Waals surface area contributed by atoms with E-state index < -0.39 is 0 Å². The number of likely N-dealkylation sites (N-methyl/N-ethyl adjacent to an activating group) is 1. The van der Waals surface area contributed by atoms with Gasteiger partial charge in [0.25, 0.3) is 0 Å². The molecular formula is C14H26N2O. The van der Waals surface area contributed by atoms with Crippen LogP contribution in [0, 0.1) is 5.92 Å². The van der Waals surface area contributed by atoms with E-state index in [1.54, 1.807) is 0 Å². The Balaban J connectivity index is 2.43. The van der Waals surface area contributed by atoms with Gasteiger partial charge in [0, 0.05) is 19.6 Å². The summed E-state index contributed by atoms with van der Waals surface area (Å²) in [4.78, 5) is 16.3. The van der Waals surface area contributed by atoms with Crippen LogP contribution in [0.1, 0.15) is 33.6 Å². The van der Waals surface area contributed by atoms with Crippen molar-refractivity contribution in [3.05, 3.63) is 12.2 Å². The molecule has 0 spiro atoms. The van der Waals surface area contributed by atoms with Crippen molar-refractivity contribution in [3.63, 3.8) is 0 Å². The molecule has 1 rings (SSSR count). The smallest absolute Gasteiger partial charge is 0.236 e. The van der Waals surface area contributed by atoms with Crippen LogP contribution >= 0.6 is 0 Å². The van der Waals surface area contributed by atoms with Gasteiger partial charge in [-0.05, 0) is 32.2 Å². The molecule has 0 aliphatic carbocycles. The zero-order valence-corrected chi connectivity index (χ0v) is 11.5. The van der Waals surface area contributed by atoms with Crippen LogP contribution in [0.5, 0.6) is 0 Å². The first-order valence-corrected chi connectivity index (χ1v) is 6.67. The molecule has 0 aromatic rings. The molecule has 1 unspecified atom stereocenters. The molecule has 0 N–H and O–H groups in total. The minimum Gasteiger partial charge on any atom is -0.341 e. The van der Waals surface area contributed by atoms with Gasteiger partial charge in [-0.25, -0.2) is 0 Å². The topological polar surface area (TPSA) is 23.6 Å². The number of hydrogen-bond donors (Lipinski definition) is 0. The second-order valence-electron chi connectivity index (χ2n) is 5.35. The lowest BCUT2D eigenvalue weighted by atomic mass is 10.0. The van der Waals surface area contributed by atoms with E-state index in [-0.39, 0.29) is 5.91 Å². The molecule has 1 fully saturated rings. The number of amides is 1. The van der Waals surface area contributed by atoms with E-state index in [0.717, 1.165) is 38.2 Å². The lowest BCUT2D eigenvalue weighted by molar-refractivity contribution is -0.134. The fourth-order valence-corrected chi connectivity index (χ4v) is 2.37. The number of likely N-dealkylation sites (tertiary alicyclic amines) is 1. The third-order valence-corrected chi connectivity index (χ3v) is 3.31. The quantitative estimate of drug-likeness (QED) is 0.685. The van der Waals surface area contributed by atoms with Gasteiger partial charge in [0.2, 0.25) is 5.91 Å². The Morgan fingerprint density at radius 2 is 2.18 bits per heavy atom. The molecule has 0 aromatic carbocycles. The third kappa shape index (κ3) is 4.90. The first kappa shape index (κ1) is 14.2. The lowest BCUT2D eigenvalue weighted by Crippen LogP contribution is -2.45. The monoisotopic (exact) mass is 238 g/mol. The van der Waals surface area contributed by atoms with Crippen molar-refractivity contribution in [3.8, 4) is 0 Å². The molecule has 0 aromatic heterocycles.